The summed E-state index contributed by atoms with van der Waals surface area (Å²) in [7, 11) is 1.63. The lowest BCUT2D eigenvalue weighted by Crippen LogP contribution is -2.28. The molecule has 2 aromatic heterocycles. The Hall–Kier alpha value is -4.83. The van der Waals surface area contributed by atoms with Crippen molar-refractivity contribution in [3.63, 3.8) is 0 Å². The third-order valence-electron chi connectivity index (χ3n) is 8.22. The number of carbonyl (C=O) groups is 2. The van der Waals surface area contributed by atoms with Gasteiger partial charge in [-0.05, 0) is 36.4 Å². The maximum absolute atomic E-state index is 13.4. The molecule has 0 radical (unpaired) electrons. The minimum atomic E-state index is -0.559. The number of methoxy groups -OCH3 is 1. The Bertz CT molecular complexity index is 2040. The quantitative estimate of drug-likeness (QED) is 0.0438. The van der Waals surface area contributed by atoms with Gasteiger partial charge in [-0.25, -0.2) is 4.79 Å². The molecular weight excluding hydrogens is 731 g/mol. The number of rotatable bonds is 14. The highest BCUT2D eigenvalue weighted by Gasteiger charge is 2.38. The van der Waals surface area contributed by atoms with Crippen molar-refractivity contribution < 1.29 is 43.6 Å². The summed E-state index contributed by atoms with van der Waals surface area (Å²) in [6.45, 7) is 6.89. The first-order chi connectivity index (χ1) is 24.6. The van der Waals surface area contributed by atoms with Crippen LogP contribution in [0.1, 0.15) is 57.4 Å². The summed E-state index contributed by atoms with van der Waals surface area (Å²) in [6.07, 6.45) is 0. The number of phenols is 2. The fraction of sp³-hybridized carbons (Fsp3) is 0.324. The number of ether oxygens (including phenoxy) is 1. The Balaban J connectivity index is 0.000000308. The number of hydrogen-bond acceptors (Lipinski definition) is 14. The summed E-state index contributed by atoms with van der Waals surface area (Å²) >= 11 is 0. The molecule has 14 nitrogen and oxygen atoms in total. The van der Waals surface area contributed by atoms with Crippen LogP contribution < -0.4 is 31.6 Å². The Morgan fingerprint density at radius 3 is 1.66 bits per heavy atom. The van der Waals surface area contributed by atoms with Crippen molar-refractivity contribution in [1.82, 2.24) is 10.6 Å². The maximum atomic E-state index is 13.4. The van der Waals surface area contributed by atoms with Crippen LogP contribution in [-0.4, -0.2) is 91.6 Å². The molecule has 53 heavy (non-hydrogen) atoms. The number of nitrogens with one attached hydrogen (secondary N) is 4. The van der Waals surface area contributed by atoms with Crippen LogP contribution in [0.4, 0.5) is 11.4 Å². The molecule has 6 rings (SSSR count). The number of aromatic hydroxyl groups is 2. The second-order valence-electron chi connectivity index (χ2n) is 12.0. The maximum Gasteiger partial charge on any atom is 0.336 e. The minimum Gasteiger partial charge on any atom is -0.507 e. The van der Waals surface area contributed by atoms with E-state index >= 15 is 0 Å². The van der Waals surface area contributed by atoms with Crippen molar-refractivity contribution in [3.8, 4) is 17.2 Å². The number of hydrogen-bond donors (Lipinski definition) is 8. The van der Waals surface area contributed by atoms with Gasteiger partial charge >= 0.3 is 5.63 Å². The van der Waals surface area contributed by atoms with Gasteiger partial charge < -0.3 is 55.3 Å². The lowest BCUT2D eigenvalue weighted by atomic mass is 9.81. The zero-order valence-electron chi connectivity index (χ0n) is 29.4. The van der Waals surface area contributed by atoms with Crippen LogP contribution in [0, 0.1) is 0 Å². The van der Waals surface area contributed by atoms with Crippen molar-refractivity contribution in [3.05, 3.63) is 87.0 Å². The molecule has 5 aromatic rings. The van der Waals surface area contributed by atoms with Crippen molar-refractivity contribution >= 4 is 69.7 Å². The normalized spacial score (nSPS) is 11.7. The van der Waals surface area contributed by atoms with Gasteiger partial charge in [0, 0.05) is 74.1 Å². The highest BCUT2D eigenvalue weighted by atomic mass is 35.5. The van der Waals surface area contributed by atoms with E-state index in [-0.39, 0.29) is 83.3 Å². The van der Waals surface area contributed by atoms with Crippen LogP contribution in [0.5, 0.6) is 17.2 Å². The third kappa shape index (κ3) is 9.22. The minimum absolute atomic E-state index is 0. The first-order valence-electron chi connectivity index (χ1n) is 16.6. The standard InChI is InChI=1S/C22H28N4O6.C15H14O4.2ClH/c27-11-9-23-5-7-25-13-1-2-14(26-8-6-24-10-12-28)18-17(13)21(31)19-15(29)3-4-16(30)20(19)22(18)32;1-8(2)14-15(17-3)10-6-9-4-5-13(16)18-11(9)7-12(10)19-14;;/h1-4,23-30H,5-12H2;4-8H,1-3H3;2*1H. The molecule has 0 aliphatic heterocycles. The molecule has 1 aliphatic rings. The number of aliphatic hydroxyl groups is 2. The molecule has 1 aliphatic carbocycles. The molecular formula is C37H44Cl2N4O10. The van der Waals surface area contributed by atoms with Gasteiger partial charge in [-0.2, -0.15) is 0 Å². The smallest absolute Gasteiger partial charge is 0.336 e. The highest BCUT2D eigenvalue weighted by Crippen LogP contribution is 2.42. The van der Waals surface area contributed by atoms with E-state index < -0.39 is 11.6 Å². The average molecular weight is 776 g/mol. The molecule has 0 saturated heterocycles. The van der Waals surface area contributed by atoms with Crippen LogP contribution in [0.2, 0.25) is 0 Å². The number of carbonyl (C=O) groups excluding carboxylic acids is 2. The Labute approximate surface area is 317 Å². The summed E-state index contributed by atoms with van der Waals surface area (Å²) < 4.78 is 16.4. The number of furan rings is 1. The fourth-order valence-electron chi connectivity index (χ4n) is 5.89. The number of fused-ring (bicyclic) bond motifs is 4. The molecule has 0 bridgehead atoms. The molecule has 0 atom stereocenters. The van der Waals surface area contributed by atoms with Crippen LogP contribution in [-0.2, 0) is 0 Å². The first kappa shape index (κ1) is 42.6. The molecule has 0 fully saturated rings. The topological polar surface area (TPSA) is 216 Å². The fourth-order valence-corrected chi connectivity index (χ4v) is 5.89. The average Bonchev–Trinajstić information content (AvgIpc) is 3.48. The number of benzene rings is 3. The second kappa shape index (κ2) is 19.3. The summed E-state index contributed by atoms with van der Waals surface area (Å²) in [6, 6.07) is 12.5. The zero-order chi connectivity index (χ0) is 36.7. The third-order valence-corrected chi connectivity index (χ3v) is 8.22. The van der Waals surface area contributed by atoms with Gasteiger partial charge in [-0.15, -0.1) is 24.8 Å². The molecule has 16 heteroatoms. The highest BCUT2D eigenvalue weighted by molar-refractivity contribution is 6.33. The predicted molar refractivity (Wildman–Crippen MR) is 207 cm³/mol. The van der Waals surface area contributed by atoms with Gasteiger partial charge in [-0.1, -0.05) is 13.8 Å². The van der Waals surface area contributed by atoms with Crippen LogP contribution >= 0.6 is 24.8 Å². The van der Waals surface area contributed by atoms with E-state index in [1.807, 2.05) is 19.9 Å². The van der Waals surface area contributed by atoms with E-state index in [4.69, 9.17) is 23.8 Å². The van der Waals surface area contributed by atoms with E-state index in [1.165, 1.54) is 18.2 Å². The van der Waals surface area contributed by atoms with Crippen LogP contribution in [0.25, 0.3) is 21.9 Å². The Kier molecular flexibility index (Phi) is 15.5. The molecule has 2 heterocycles. The van der Waals surface area contributed by atoms with Crippen molar-refractivity contribution in [2.24, 2.45) is 0 Å². The van der Waals surface area contributed by atoms with Crippen molar-refractivity contribution in [2.75, 3.05) is 70.2 Å². The number of anilines is 2. The number of aliphatic hydroxyl groups excluding tert-OH is 2. The van der Waals surface area contributed by atoms with Crippen LogP contribution in [0.3, 0.4) is 0 Å². The molecule has 286 valence electrons. The van der Waals surface area contributed by atoms with Gasteiger partial charge in [0.2, 0.25) is 11.6 Å². The Morgan fingerprint density at radius 1 is 0.660 bits per heavy atom. The lowest BCUT2D eigenvalue weighted by Gasteiger charge is -2.25. The van der Waals surface area contributed by atoms with Gasteiger partial charge in [-0.3, -0.25) is 9.59 Å². The summed E-state index contributed by atoms with van der Waals surface area (Å²) in [4.78, 5) is 38.0. The van der Waals surface area contributed by atoms with E-state index in [1.54, 1.807) is 31.4 Å². The van der Waals surface area contributed by atoms with E-state index in [0.29, 0.717) is 61.8 Å². The summed E-state index contributed by atoms with van der Waals surface area (Å²) in [5.74, 6) is -0.0923. The van der Waals surface area contributed by atoms with Crippen molar-refractivity contribution in [1.29, 1.82) is 0 Å². The molecule has 0 saturated carbocycles. The predicted octanol–water partition coefficient (Wildman–Crippen LogP) is 4.38. The van der Waals surface area contributed by atoms with Gasteiger partial charge in [0.25, 0.3) is 0 Å². The number of phenolic OH excluding ortho intramolecular Hbond substituents is 2. The van der Waals surface area contributed by atoms with Crippen molar-refractivity contribution in [2.45, 2.75) is 19.8 Å². The van der Waals surface area contributed by atoms with Gasteiger partial charge in [0.15, 0.2) is 5.75 Å². The molecule has 3 aromatic carbocycles. The zero-order valence-corrected chi connectivity index (χ0v) is 31.0. The number of ketones is 2. The lowest BCUT2D eigenvalue weighted by molar-refractivity contribution is 0.0975. The second-order valence-corrected chi connectivity index (χ2v) is 12.0. The van der Waals surface area contributed by atoms with Crippen LogP contribution in [0.15, 0.2) is 62.2 Å². The monoisotopic (exact) mass is 774 g/mol. The summed E-state index contributed by atoms with van der Waals surface area (Å²) in [5.41, 5.74) is 1.50. The summed E-state index contributed by atoms with van der Waals surface area (Å²) in [5, 5.41) is 52.3. The SMILES string of the molecule is COc1c(C(C)C)oc2cc3oc(=O)ccc3cc12.Cl.Cl.O=C1c2c(O)ccc(O)c2C(=O)c2c(NCCNCCO)ccc(NCCNCCO)c21. The molecule has 0 spiro atoms. The number of halogens is 2. The Morgan fingerprint density at radius 2 is 1.19 bits per heavy atom. The van der Waals surface area contributed by atoms with Gasteiger partial charge in [0.05, 0.1) is 48.0 Å². The largest absolute Gasteiger partial charge is 0.507 e. The van der Waals surface area contributed by atoms with E-state index in [2.05, 4.69) is 21.3 Å². The molecule has 8 N–H and O–H groups in total. The first-order valence-corrected chi connectivity index (χ1v) is 16.6. The van der Waals surface area contributed by atoms with E-state index in [0.717, 1.165) is 22.3 Å². The van der Waals surface area contributed by atoms with Gasteiger partial charge in [0.1, 0.15) is 28.4 Å². The molecule has 0 amide bonds. The van der Waals surface area contributed by atoms with E-state index in [9.17, 15) is 24.6 Å². The molecule has 0 unspecified atom stereocenters.